The molecule has 0 aromatic heterocycles. The van der Waals surface area contributed by atoms with Crippen LogP contribution < -0.4 is 10.1 Å². The van der Waals surface area contributed by atoms with Crippen LogP contribution in [0.1, 0.15) is 130 Å². The van der Waals surface area contributed by atoms with Gasteiger partial charge in [-0.25, -0.2) is 26.1 Å². The minimum absolute atomic E-state index is 0.0177. The molecule has 0 heterocycles. The lowest BCUT2D eigenvalue weighted by Gasteiger charge is -2.38. The number of hydrazine groups is 1. The van der Waals surface area contributed by atoms with E-state index < -0.39 is 54.5 Å². The summed E-state index contributed by atoms with van der Waals surface area (Å²) in [6.45, 7) is 7.56. The lowest BCUT2D eigenvalue weighted by Crippen LogP contribution is -2.55. The Labute approximate surface area is 297 Å². The second kappa shape index (κ2) is 20.1. The predicted molar refractivity (Wildman–Crippen MR) is 194 cm³/mol. The Bertz CT molecular complexity index is 1230. The molecule has 286 valence electrons. The van der Waals surface area contributed by atoms with Crippen LogP contribution in [0, 0.1) is 17.8 Å². The maximum Gasteiger partial charge on any atom is 0.227 e. The van der Waals surface area contributed by atoms with E-state index >= 15 is 0 Å². The van der Waals surface area contributed by atoms with Gasteiger partial charge in [-0.3, -0.25) is 9.59 Å². The molecule has 14 heteroatoms. The summed E-state index contributed by atoms with van der Waals surface area (Å²) in [6, 6.07) is -0.647. The van der Waals surface area contributed by atoms with E-state index in [-0.39, 0.29) is 37.6 Å². The van der Waals surface area contributed by atoms with E-state index in [0.717, 1.165) is 64.2 Å². The average molecular weight is 734 g/mol. The molecule has 5 unspecified atom stereocenters. The largest absolute Gasteiger partial charge is 0.390 e. The summed E-state index contributed by atoms with van der Waals surface area (Å²) in [7, 11) is -4.39. The van der Waals surface area contributed by atoms with Gasteiger partial charge in [0.1, 0.15) is 0 Å². The highest BCUT2D eigenvalue weighted by molar-refractivity contribution is 7.90. The first kappa shape index (κ1) is 42.1. The topological polar surface area (TPSA) is 156 Å². The summed E-state index contributed by atoms with van der Waals surface area (Å²) >= 11 is 0. The zero-order valence-corrected chi connectivity index (χ0v) is 32.6. The number of carbonyl (C=O) groups excluding carboxylic acids is 2. The van der Waals surface area contributed by atoms with Gasteiger partial charge in [0.05, 0.1) is 22.6 Å². The highest BCUT2D eigenvalue weighted by atomic mass is 32.2. The predicted octanol–water partition coefficient (Wildman–Crippen LogP) is 4.01. The van der Waals surface area contributed by atoms with Crippen LogP contribution in [0.4, 0.5) is 0 Å². The fraction of sp³-hybridized carbons (Fsp3) is 0.943. The van der Waals surface area contributed by atoms with Crippen molar-refractivity contribution in [1.82, 2.24) is 24.4 Å². The van der Waals surface area contributed by atoms with Gasteiger partial charge in [-0.1, -0.05) is 72.1 Å². The van der Waals surface area contributed by atoms with E-state index in [4.69, 9.17) is 0 Å². The van der Waals surface area contributed by atoms with E-state index in [2.05, 4.69) is 10.1 Å². The summed E-state index contributed by atoms with van der Waals surface area (Å²) in [5.74, 6) is -1.45. The Kier molecular flexibility index (Phi) is 17.2. The van der Waals surface area contributed by atoms with E-state index in [0.29, 0.717) is 51.2 Å². The molecule has 0 aromatic rings. The molecule has 0 spiro atoms. The van der Waals surface area contributed by atoms with E-state index in [1.54, 1.807) is 9.91 Å². The van der Waals surface area contributed by atoms with E-state index in [9.17, 15) is 31.5 Å². The zero-order chi connectivity index (χ0) is 36.2. The van der Waals surface area contributed by atoms with Crippen molar-refractivity contribution >= 4 is 31.9 Å². The molecular weight excluding hydrogens is 667 g/mol. The smallest absolute Gasteiger partial charge is 0.227 e. The second-order valence-corrected chi connectivity index (χ2v) is 19.5. The number of carbonyl (C=O) groups is 2. The Hall–Kier alpha value is -1.32. The summed E-state index contributed by atoms with van der Waals surface area (Å²) in [4.78, 5) is 32.5. The van der Waals surface area contributed by atoms with Crippen LogP contribution in [0.15, 0.2) is 0 Å². The van der Waals surface area contributed by atoms with Gasteiger partial charge in [0.15, 0.2) is 0 Å². The van der Waals surface area contributed by atoms with Gasteiger partial charge in [0, 0.05) is 52.1 Å². The maximum absolute atomic E-state index is 14.2. The van der Waals surface area contributed by atoms with Crippen molar-refractivity contribution in [1.29, 1.82) is 0 Å². The summed E-state index contributed by atoms with van der Waals surface area (Å²) < 4.78 is 54.6. The first-order valence-corrected chi connectivity index (χ1v) is 22.2. The third-order valence-electron chi connectivity index (χ3n) is 10.9. The lowest BCUT2D eigenvalue weighted by molar-refractivity contribution is -0.138. The van der Waals surface area contributed by atoms with Gasteiger partial charge >= 0.3 is 0 Å². The van der Waals surface area contributed by atoms with Gasteiger partial charge in [0.2, 0.25) is 31.9 Å². The van der Waals surface area contributed by atoms with Gasteiger partial charge in [-0.15, -0.1) is 4.83 Å². The van der Waals surface area contributed by atoms with Crippen molar-refractivity contribution in [3.8, 4) is 0 Å². The van der Waals surface area contributed by atoms with Gasteiger partial charge in [0.25, 0.3) is 0 Å². The lowest BCUT2D eigenvalue weighted by atomic mass is 9.79. The number of aliphatic hydroxyl groups is 1. The molecule has 3 fully saturated rings. The van der Waals surface area contributed by atoms with Crippen LogP contribution in [0.25, 0.3) is 0 Å². The highest BCUT2D eigenvalue weighted by Crippen LogP contribution is 2.36. The molecular formula is C35H67N5O7S2. The number of rotatable bonds is 19. The molecule has 3 N–H and O–H groups in total. The second-order valence-electron chi connectivity index (χ2n) is 15.1. The van der Waals surface area contributed by atoms with Crippen LogP contribution in [0.5, 0.6) is 0 Å². The third kappa shape index (κ3) is 12.4. The molecule has 3 aliphatic carbocycles. The molecule has 0 saturated heterocycles. The normalized spacial score (nSPS) is 24.5. The highest BCUT2D eigenvalue weighted by Gasteiger charge is 2.44. The number of aliphatic hydroxyl groups excluding tert-OH is 1. The molecule has 12 nitrogen and oxygen atoms in total. The van der Waals surface area contributed by atoms with E-state index in [1.165, 1.54) is 18.4 Å². The quantitative estimate of drug-likeness (QED) is 0.168. The average Bonchev–Trinajstić information content (AvgIpc) is 3.08. The van der Waals surface area contributed by atoms with Crippen LogP contribution in [0.2, 0.25) is 0 Å². The van der Waals surface area contributed by atoms with Crippen LogP contribution >= 0.6 is 0 Å². The van der Waals surface area contributed by atoms with Crippen LogP contribution in [0.3, 0.4) is 0 Å². The van der Waals surface area contributed by atoms with Crippen molar-refractivity contribution in [3.63, 3.8) is 0 Å². The first-order chi connectivity index (χ1) is 23.2. The number of nitrogens with zero attached hydrogens (tertiary/aromatic N) is 3. The Morgan fingerprint density at radius 1 is 0.755 bits per heavy atom. The minimum atomic E-state index is -3.74. The number of hydrogen-bond acceptors (Lipinski definition) is 8. The molecule has 2 amide bonds. The maximum atomic E-state index is 14.2. The Morgan fingerprint density at radius 2 is 1.31 bits per heavy atom. The molecule has 5 atom stereocenters. The molecule has 0 radical (unpaired) electrons. The van der Waals surface area contributed by atoms with E-state index in [1.807, 2.05) is 20.8 Å². The summed E-state index contributed by atoms with van der Waals surface area (Å²) in [6.07, 6.45) is 11.7. The molecule has 0 bridgehead atoms. The number of amides is 2. The molecule has 3 aliphatic rings. The fourth-order valence-electron chi connectivity index (χ4n) is 8.18. The van der Waals surface area contributed by atoms with Crippen molar-refractivity contribution < 1.29 is 31.5 Å². The van der Waals surface area contributed by atoms with Gasteiger partial charge < -0.3 is 15.3 Å². The van der Waals surface area contributed by atoms with Crippen molar-refractivity contribution in [2.24, 2.45) is 17.8 Å². The van der Waals surface area contributed by atoms with Gasteiger partial charge in [-0.2, -0.15) is 0 Å². The van der Waals surface area contributed by atoms with Gasteiger partial charge in [-0.05, 0) is 63.7 Å². The summed E-state index contributed by atoms with van der Waals surface area (Å²) in [5, 5.41) is 15.1. The third-order valence-corrected chi connectivity index (χ3v) is 15.0. The minimum Gasteiger partial charge on any atom is -0.390 e. The Morgan fingerprint density at radius 3 is 1.86 bits per heavy atom. The molecule has 49 heavy (non-hydrogen) atoms. The molecule has 0 aromatic carbocycles. The van der Waals surface area contributed by atoms with Crippen LogP contribution in [-0.4, -0.2) is 111 Å². The standard InChI is InChI=1S/C35H67N5O7S2/c1-6-19-39(20-7-2)35(43)29-23-28(24-31(25-29)49(46,47)38(4)5)34(42)36-32(22-27-15-11-9-12-16-27)33(41)26-40(21-8-3)37-48(44,45)30-17-13-10-14-18-30/h27-33,37,41H,6-26H2,1-5H3,(H,36,42). The van der Waals surface area contributed by atoms with Crippen molar-refractivity contribution in [2.45, 2.75) is 153 Å². The molecule has 0 aliphatic heterocycles. The SMILES string of the molecule is CCCN(CC(O)C(CC1CCCCC1)NC(=O)C1CC(C(=O)N(CCC)CCC)CC(S(=O)(=O)N(C)C)C1)NS(=O)(=O)C1CCCCC1. The first-order valence-electron chi connectivity index (χ1n) is 19.2. The van der Waals surface area contributed by atoms with Crippen LogP contribution in [-0.2, 0) is 29.6 Å². The number of sulfonamides is 2. The molecule has 3 saturated carbocycles. The zero-order valence-electron chi connectivity index (χ0n) is 30.9. The molecule has 3 rings (SSSR count). The van der Waals surface area contributed by atoms with Crippen molar-refractivity contribution in [3.05, 3.63) is 0 Å². The Balaban J connectivity index is 1.84. The fourth-order valence-corrected chi connectivity index (χ4v) is 11.4. The van der Waals surface area contributed by atoms with Crippen molar-refractivity contribution in [2.75, 3.05) is 40.3 Å². The summed E-state index contributed by atoms with van der Waals surface area (Å²) in [5.41, 5.74) is 0. The number of hydrogen-bond donors (Lipinski definition) is 3. The number of nitrogens with one attached hydrogen (secondary N) is 2. The monoisotopic (exact) mass is 733 g/mol.